The zero-order valence-electron chi connectivity index (χ0n) is 9.34. The van der Waals surface area contributed by atoms with E-state index in [1.807, 2.05) is 37.3 Å². The number of hydrogen-bond donors (Lipinski definition) is 1. The second-order valence-electron chi connectivity index (χ2n) is 3.41. The molecule has 0 fully saturated rings. The fourth-order valence-electron chi connectivity index (χ4n) is 1.53. The monoisotopic (exact) mass is 248 g/mol. The third-order valence-corrected chi connectivity index (χ3v) is 3.40. The van der Waals surface area contributed by atoms with Crippen molar-refractivity contribution in [3.63, 3.8) is 0 Å². The second-order valence-corrected chi connectivity index (χ2v) is 4.46. The summed E-state index contributed by atoms with van der Waals surface area (Å²) in [4.78, 5) is 12.2. The van der Waals surface area contributed by atoms with Gasteiger partial charge in [0, 0.05) is 4.88 Å². The Balaban J connectivity index is 2.44. The fraction of sp³-hybridized carbons (Fsp3) is 0.154. The number of aromatic carboxylic acids is 1. The van der Waals surface area contributed by atoms with Gasteiger partial charge in [0.25, 0.3) is 0 Å². The van der Waals surface area contributed by atoms with E-state index in [1.165, 1.54) is 11.3 Å². The molecule has 3 nitrogen and oxygen atoms in total. The van der Waals surface area contributed by atoms with Gasteiger partial charge in [-0.25, -0.2) is 4.79 Å². The predicted molar refractivity (Wildman–Crippen MR) is 67.9 cm³/mol. The molecule has 0 aliphatic rings. The molecule has 0 saturated heterocycles. The second kappa shape index (κ2) is 5.01. The molecule has 0 aliphatic carbocycles. The molecule has 0 atom stereocenters. The van der Waals surface area contributed by atoms with Crippen LogP contribution in [0.3, 0.4) is 0 Å². The van der Waals surface area contributed by atoms with Gasteiger partial charge in [0.05, 0.1) is 6.61 Å². The minimum atomic E-state index is -0.944. The lowest BCUT2D eigenvalue weighted by molar-refractivity contribution is 0.0698. The zero-order valence-corrected chi connectivity index (χ0v) is 10.2. The van der Waals surface area contributed by atoms with Gasteiger partial charge in [-0.15, -0.1) is 11.3 Å². The molecule has 1 heterocycles. The van der Waals surface area contributed by atoms with Crippen LogP contribution in [0.2, 0.25) is 0 Å². The number of carbonyl (C=O) groups is 1. The van der Waals surface area contributed by atoms with Crippen molar-refractivity contribution in [1.82, 2.24) is 0 Å². The molecule has 0 aliphatic heterocycles. The van der Waals surface area contributed by atoms with E-state index < -0.39 is 5.97 Å². The number of benzene rings is 1. The van der Waals surface area contributed by atoms with E-state index in [-0.39, 0.29) is 4.88 Å². The number of carboxylic acid groups (broad SMARTS) is 1. The largest absolute Gasteiger partial charge is 0.492 e. The first-order chi connectivity index (χ1) is 8.22. The molecule has 1 aromatic carbocycles. The van der Waals surface area contributed by atoms with Crippen LogP contribution < -0.4 is 4.74 Å². The minimum absolute atomic E-state index is 0.255. The Bertz CT molecular complexity index is 517. The zero-order chi connectivity index (χ0) is 12.3. The summed E-state index contributed by atoms with van der Waals surface area (Å²) in [5.74, 6) is -0.496. The van der Waals surface area contributed by atoms with E-state index in [2.05, 4.69) is 0 Å². The molecule has 0 amide bonds. The summed E-state index contributed by atoms with van der Waals surface area (Å²) in [5, 5.41) is 9.08. The van der Waals surface area contributed by atoms with Gasteiger partial charge in [0.1, 0.15) is 5.75 Å². The maximum atomic E-state index is 11.1. The van der Waals surface area contributed by atoms with Gasteiger partial charge in [0.15, 0.2) is 4.88 Å². The van der Waals surface area contributed by atoms with Gasteiger partial charge >= 0.3 is 5.97 Å². The van der Waals surface area contributed by atoms with E-state index in [0.29, 0.717) is 12.4 Å². The topological polar surface area (TPSA) is 46.5 Å². The normalized spacial score (nSPS) is 10.2. The van der Waals surface area contributed by atoms with E-state index in [9.17, 15) is 4.79 Å². The lowest BCUT2D eigenvalue weighted by Crippen LogP contribution is -1.98. The van der Waals surface area contributed by atoms with E-state index in [4.69, 9.17) is 9.84 Å². The number of thiophene rings is 1. The Hall–Kier alpha value is -1.81. The maximum Gasteiger partial charge on any atom is 0.349 e. The first-order valence-corrected chi connectivity index (χ1v) is 6.09. The highest BCUT2D eigenvalue weighted by Gasteiger charge is 2.17. The van der Waals surface area contributed by atoms with Gasteiger partial charge < -0.3 is 9.84 Å². The van der Waals surface area contributed by atoms with Crippen molar-refractivity contribution in [2.75, 3.05) is 6.61 Å². The molecular formula is C13H12O3S. The fourth-order valence-corrected chi connectivity index (χ4v) is 2.48. The Morgan fingerprint density at radius 3 is 2.65 bits per heavy atom. The third kappa shape index (κ3) is 2.47. The van der Waals surface area contributed by atoms with Crippen LogP contribution in [0.1, 0.15) is 16.6 Å². The highest BCUT2D eigenvalue weighted by molar-refractivity contribution is 7.17. The van der Waals surface area contributed by atoms with Crippen LogP contribution in [-0.2, 0) is 0 Å². The number of ether oxygens (including phenoxy) is 1. The first-order valence-electron chi connectivity index (χ1n) is 5.27. The van der Waals surface area contributed by atoms with Gasteiger partial charge in [-0.2, -0.15) is 0 Å². The maximum absolute atomic E-state index is 11.1. The Morgan fingerprint density at radius 2 is 2.06 bits per heavy atom. The molecule has 0 bridgehead atoms. The van der Waals surface area contributed by atoms with Gasteiger partial charge in [-0.3, -0.25) is 0 Å². The van der Waals surface area contributed by atoms with Crippen LogP contribution in [0.5, 0.6) is 5.75 Å². The van der Waals surface area contributed by atoms with Crippen LogP contribution in [-0.4, -0.2) is 17.7 Å². The first kappa shape index (κ1) is 11.7. The molecule has 1 aromatic heterocycles. The van der Waals surface area contributed by atoms with Crippen molar-refractivity contribution >= 4 is 17.3 Å². The van der Waals surface area contributed by atoms with E-state index in [1.54, 1.807) is 6.07 Å². The molecule has 0 radical (unpaired) electrons. The van der Waals surface area contributed by atoms with E-state index in [0.717, 1.165) is 10.4 Å². The molecule has 2 rings (SSSR count). The SMILES string of the molecule is CCOc1cc(-c2ccccc2)sc1C(=O)O. The molecule has 1 N–H and O–H groups in total. The molecule has 0 unspecified atom stereocenters. The van der Waals surface area contributed by atoms with Crippen molar-refractivity contribution in [3.8, 4) is 16.2 Å². The molecule has 0 saturated carbocycles. The third-order valence-electron chi connectivity index (χ3n) is 2.25. The van der Waals surface area contributed by atoms with Crippen LogP contribution in [0.25, 0.3) is 10.4 Å². The van der Waals surface area contributed by atoms with Crippen LogP contribution in [0.4, 0.5) is 0 Å². The summed E-state index contributed by atoms with van der Waals surface area (Å²) in [5.41, 5.74) is 1.01. The van der Waals surface area contributed by atoms with Gasteiger partial charge in [0.2, 0.25) is 0 Å². The van der Waals surface area contributed by atoms with Crippen molar-refractivity contribution in [2.45, 2.75) is 6.92 Å². The summed E-state index contributed by atoms with van der Waals surface area (Å²) in [7, 11) is 0. The van der Waals surface area contributed by atoms with Crippen molar-refractivity contribution < 1.29 is 14.6 Å². The van der Waals surface area contributed by atoms with Crippen molar-refractivity contribution in [2.24, 2.45) is 0 Å². The number of carboxylic acids is 1. The summed E-state index contributed by atoms with van der Waals surface area (Å²) in [6.45, 7) is 2.30. The highest BCUT2D eigenvalue weighted by Crippen LogP contribution is 2.36. The summed E-state index contributed by atoms with van der Waals surface area (Å²) < 4.78 is 5.33. The van der Waals surface area contributed by atoms with Crippen LogP contribution in [0, 0.1) is 0 Å². The molecular weight excluding hydrogens is 236 g/mol. The molecule has 88 valence electrons. The quantitative estimate of drug-likeness (QED) is 0.900. The molecule has 4 heteroatoms. The summed E-state index contributed by atoms with van der Waals surface area (Å²) in [6.07, 6.45) is 0. The van der Waals surface area contributed by atoms with Gasteiger partial charge in [-0.1, -0.05) is 30.3 Å². The summed E-state index contributed by atoms with van der Waals surface area (Å²) in [6, 6.07) is 11.5. The smallest absolute Gasteiger partial charge is 0.349 e. The Morgan fingerprint density at radius 1 is 1.35 bits per heavy atom. The molecule has 17 heavy (non-hydrogen) atoms. The predicted octanol–water partition coefficient (Wildman–Crippen LogP) is 3.51. The average Bonchev–Trinajstić information content (AvgIpc) is 2.75. The van der Waals surface area contributed by atoms with Crippen molar-refractivity contribution in [3.05, 3.63) is 41.3 Å². The average molecular weight is 248 g/mol. The lowest BCUT2D eigenvalue weighted by Gasteiger charge is -1.99. The van der Waals surface area contributed by atoms with Crippen LogP contribution >= 0.6 is 11.3 Å². The van der Waals surface area contributed by atoms with Crippen LogP contribution in [0.15, 0.2) is 36.4 Å². The Labute approximate surface area is 103 Å². The van der Waals surface area contributed by atoms with Crippen molar-refractivity contribution in [1.29, 1.82) is 0 Å². The molecule has 0 spiro atoms. The standard InChI is InChI=1S/C13H12O3S/c1-2-16-10-8-11(17-12(10)13(14)15)9-6-4-3-5-7-9/h3-8H,2H2,1H3,(H,14,15). The minimum Gasteiger partial charge on any atom is -0.492 e. The molecule has 2 aromatic rings. The highest BCUT2D eigenvalue weighted by atomic mass is 32.1. The number of rotatable bonds is 4. The van der Waals surface area contributed by atoms with E-state index >= 15 is 0 Å². The summed E-state index contributed by atoms with van der Waals surface area (Å²) >= 11 is 1.24. The Kier molecular flexibility index (Phi) is 3.44. The van der Waals surface area contributed by atoms with Gasteiger partial charge in [-0.05, 0) is 18.6 Å². The lowest BCUT2D eigenvalue weighted by atomic mass is 10.2. The number of hydrogen-bond acceptors (Lipinski definition) is 3.